The summed E-state index contributed by atoms with van der Waals surface area (Å²) in [5.41, 5.74) is 0. The van der Waals surface area contributed by atoms with Gasteiger partial charge in [0.1, 0.15) is 6.54 Å². The number of guanidine groups is 1. The fourth-order valence-corrected chi connectivity index (χ4v) is 2.45. The Bertz CT molecular complexity index is 241. The van der Waals surface area contributed by atoms with Gasteiger partial charge in [-0.25, -0.2) is 9.38 Å². The molecule has 0 radical (unpaired) electrons. The average molecular weight is 186 g/mol. The predicted octanol–water partition coefficient (Wildman–Crippen LogP) is 0.476. The van der Waals surface area contributed by atoms with Gasteiger partial charge in [0.05, 0.1) is 26.7 Å². The number of rotatable bonds is 0. The van der Waals surface area contributed by atoms with E-state index in [-0.39, 0.29) is 0 Å². The minimum absolute atomic E-state index is 0.507. The second-order valence-electron chi connectivity index (χ2n) is 4.32. The van der Waals surface area contributed by atoms with E-state index >= 15 is 0 Å². The van der Waals surface area contributed by atoms with Crippen molar-refractivity contribution in [2.75, 3.05) is 40.3 Å². The van der Waals surface area contributed by atoms with E-state index in [9.17, 15) is 4.39 Å². The van der Waals surface area contributed by atoms with Crippen molar-refractivity contribution in [1.82, 2.24) is 4.90 Å². The normalized spacial score (nSPS) is 39.8. The molecule has 2 aliphatic heterocycles. The highest BCUT2D eigenvalue weighted by atomic mass is 19.1. The lowest BCUT2D eigenvalue weighted by Crippen LogP contribution is -2.65. The molecule has 2 atom stereocenters. The second-order valence-corrected chi connectivity index (χ2v) is 4.32. The van der Waals surface area contributed by atoms with Crippen LogP contribution in [0.4, 0.5) is 4.39 Å². The summed E-state index contributed by atoms with van der Waals surface area (Å²) < 4.78 is 14.0. The Labute approximate surface area is 78.4 Å². The summed E-state index contributed by atoms with van der Waals surface area (Å²) in [5, 5.41) is 0. The fraction of sp³-hybridized carbons (Fsp3) is 0.889. The van der Waals surface area contributed by atoms with E-state index in [1.807, 2.05) is 11.9 Å². The smallest absolute Gasteiger partial charge is 0.299 e. The molecular formula is C9H17FN3+. The first-order chi connectivity index (χ1) is 6.12. The van der Waals surface area contributed by atoms with E-state index in [2.05, 4.69) is 12.0 Å². The maximum Gasteiger partial charge on any atom is 0.299 e. The van der Waals surface area contributed by atoms with Gasteiger partial charge in [0, 0.05) is 13.5 Å². The number of hydrogen-bond donors (Lipinski definition) is 0. The lowest BCUT2D eigenvalue weighted by atomic mass is 10.2. The molecule has 0 amide bonds. The molecule has 2 aliphatic rings. The van der Waals surface area contributed by atoms with Gasteiger partial charge in [-0.05, 0) is 0 Å². The Kier molecular flexibility index (Phi) is 2.02. The number of aliphatic imine (C=N–C) groups is 1. The Morgan fingerprint density at radius 1 is 1.62 bits per heavy atom. The van der Waals surface area contributed by atoms with Gasteiger partial charge >= 0.3 is 0 Å². The van der Waals surface area contributed by atoms with Crippen molar-refractivity contribution in [2.45, 2.75) is 12.6 Å². The molecule has 2 unspecified atom stereocenters. The van der Waals surface area contributed by atoms with Gasteiger partial charge in [0.2, 0.25) is 0 Å². The highest BCUT2D eigenvalue weighted by molar-refractivity contribution is 5.74. The summed E-state index contributed by atoms with van der Waals surface area (Å²) in [6, 6.07) is 0. The molecule has 2 heterocycles. The van der Waals surface area contributed by atoms with Crippen LogP contribution in [0, 0.1) is 0 Å². The standard InChI is InChI=1S/C9H17FN3/c1-12-6-8(10)7-13(2)5-3-4-11-9(12)13/h8H,3-7H2,1-2H3/q+1. The molecule has 0 aliphatic carbocycles. The fourth-order valence-electron chi connectivity index (χ4n) is 2.45. The molecule has 0 bridgehead atoms. The summed E-state index contributed by atoms with van der Waals surface area (Å²) in [5.74, 6) is 1.07. The zero-order valence-corrected chi connectivity index (χ0v) is 8.33. The lowest BCUT2D eigenvalue weighted by molar-refractivity contribution is -0.835. The van der Waals surface area contributed by atoms with Crippen molar-refractivity contribution in [3.8, 4) is 0 Å². The Balaban J connectivity index is 2.27. The SMILES string of the molecule is CN1CC(F)C[N+]2(C)CCCN=C12. The van der Waals surface area contributed by atoms with Crippen LogP contribution in [-0.2, 0) is 0 Å². The van der Waals surface area contributed by atoms with Crippen molar-refractivity contribution in [1.29, 1.82) is 0 Å². The number of fused-ring (bicyclic) bond motifs is 1. The van der Waals surface area contributed by atoms with Crippen molar-refractivity contribution >= 4 is 5.96 Å². The summed E-state index contributed by atoms with van der Waals surface area (Å²) in [6.45, 7) is 3.05. The number of hydrogen-bond acceptors (Lipinski definition) is 2. The van der Waals surface area contributed by atoms with Crippen LogP contribution >= 0.6 is 0 Å². The first-order valence-electron chi connectivity index (χ1n) is 4.86. The second kappa shape index (κ2) is 2.94. The lowest BCUT2D eigenvalue weighted by Gasteiger charge is -2.44. The molecule has 13 heavy (non-hydrogen) atoms. The average Bonchev–Trinajstić information content (AvgIpc) is 2.01. The van der Waals surface area contributed by atoms with Crippen LogP contribution in [0.3, 0.4) is 0 Å². The van der Waals surface area contributed by atoms with Gasteiger partial charge in [0.15, 0.2) is 6.17 Å². The zero-order valence-electron chi connectivity index (χ0n) is 8.33. The maximum atomic E-state index is 13.3. The van der Waals surface area contributed by atoms with E-state index in [1.165, 1.54) is 0 Å². The van der Waals surface area contributed by atoms with Crippen molar-refractivity contribution in [2.24, 2.45) is 4.99 Å². The molecule has 0 spiro atoms. The number of nitrogens with zero attached hydrogens (tertiary/aromatic N) is 3. The molecule has 0 saturated carbocycles. The number of halogens is 1. The third kappa shape index (κ3) is 1.43. The van der Waals surface area contributed by atoms with Gasteiger partial charge in [-0.1, -0.05) is 0 Å². The Morgan fingerprint density at radius 2 is 2.38 bits per heavy atom. The molecule has 0 aromatic rings. The van der Waals surface area contributed by atoms with Crippen LogP contribution < -0.4 is 0 Å². The molecule has 74 valence electrons. The molecule has 0 N–H and O–H groups in total. The van der Waals surface area contributed by atoms with Crippen LogP contribution in [0.15, 0.2) is 4.99 Å². The van der Waals surface area contributed by atoms with E-state index in [1.54, 1.807) is 0 Å². The maximum absolute atomic E-state index is 13.3. The van der Waals surface area contributed by atoms with Crippen molar-refractivity contribution < 1.29 is 8.87 Å². The molecule has 0 aromatic carbocycles. The quantitative estimate of drug-likeness (QED) is 0.502. The highest BCUT2D eigenvalue weighted by Crippen LogP contribution is 2.21. The molecular weight excluding hydrogens is 169 g/mol. The van der Waals surface area contributed by atoms with E-state index in [0.29, 0.717) is 17.6 Å². The molecule has 0 aromatic heterocycles. The van der Waals surface area contributed by atoms with Crippen molar-refractivity contribution in [3.05, 3.63) is 0 Å². The van der Waals surface area contributed by atoms with Crippen LogP contribution in [0.25, 0.3) is 0 Å². The van der Waals surface area contributed by atoms with Crippen LogP contribution in [0.1, 0.15) is 6.42 Å². The first-order valence-corrected chi connectivity index (χ1v) is 4.86. The van der Waals surface area contributed by atoms with Crippen LogP contribution in [0.5, 0.6) is 0 Å². The minimum Gasteiger partial charge on any atom is -0.311 e. The molecule has 1 saturated heterocycles. The van der Waals surface area contributed by atoms with Crippen LogP contribution in [0.2, 0.25) is 0 Å². The predicted molar refractivity (Wildman–Crippen MR) is 50.4 cm³/mol. The monoisotopic (exact) mass is 186 g/mol. The third-order valence-electron chi connectivity index (χ3n) is 2.96. The summed E-state index contributed by atoms with van der Waals surface area (Å²) in [6.07, 6.45) is 0.382. The number of alkyl halides is 1. The summed E-state index contributed by atoms with van der Waals surface area (Å²) in [4.78, 5) is 6.45. The highest BCUT2D eigenvalue weighted by Gasteiger charge is 2.42. The largest absolute Gasteiger partial charge is 0.311 e. The molecule has 2 rings (SSSR count). The van der Waals surface area contributed by atoms with Gasteiger partial charge in [0.25, 0.3) is 5.96 Å². The molecule has 1 fully saturated rings. The van der Waals surface area contributed by atoms with E-state index < -0.39 is 6.17 Å². The third-order valence-corrected chi connectivity index (χ3v) is 2.96. The van der Waals surface area contributed by atoms with Gasteiger partial charge in [-0.2, -0.15) is 0 Å². The van der Waals surface area contributed by atoms with Gasteiger partial charge in [-0.3, -0.25) is 4.48 Å². The molecule has 4 heteroatoms. The summed E-state index contributed by atoms with van der Waals surface area (Å²) in [7, 11) is 4.02. The van der Waals surface area contributed by atoms with E-state index in [0.717, 1.165) is 25.5 Å². The Morgan fingerprint density at radius 3 is 3.15 bits per heavy atom. The minimum atomic E-state index is -0.702. The molecule has 3 nitrogen and oxygen atoms in total. The van der Waals surface area contributed by atoms with E-state index in [4.69, 9.17) is 0 Å². The zero-order chi connectivity index (χ0) is 9.47. The van der Waals surface area contributed by atoms with Crippen LogP contribution in [-0.4, -0.2) is 61.8 Å². The summed E-state index contributed by atoms with van der Waals surface area (Å²) >= 11 is 0. The first kappa shape index (κ1) is 8.94. The van der Waals surface area contributed by atoms with Gasteiger partial charge < -0.3 is 4.90 Å². The number of quaternary nitrogens is 1. The Hall–Kier alpha value is -0.640. The van der Waals surface area contributed by atoms with Crippen molar-refractivity contribution in [3.63, 3.8) is 0 Å². The topological polar surface area (TPSA) is 15.6 Å². The van der Waals surface area contributed by atoms with Gasteiger partial charge in [-0.15, -0.1) is 0 Å².